The molecule has 1 amide bonds. The Bertz CT molecular complexity index is 605. The number of benzene rings is 1. The monoisotopic (exact) mass is 288 g/mol. The highest BCUT2D eigenvalue weighted by molar-refractivity contribution is 5.95. The number of aliphatic hydroxyl groups excluding tert-OH is 1. The van der Waals surface area contributed by atoms with Crippen molar-refractivity contribution in [1.29, 1.82) is 0 Å². The van der Waals surface area contributed by atoms with E-state index in [1.165, 1.54) is 0 Å². The van der Waals surface area contributed by atoms with Gasteiger partial charge >= 0.3 is 0 Å². The third-order valence-electron chi connectivity index (χ3n) is 3.17. The molecule has 0 saturated heterocycles. The highest BCUT2D eigenvalue weighted by Gasteiger charge is 2.11. The molecule has 0 fully saturated rings. The van der Waals surface area contributed by atoms with Crippen LogP contribution in [0.4, 0.5) is 11.4 Å². The average molecular weight is 288 g/mol. The van der Waals surface area contributed by atoms with E-state index in [4.69, 9.17) is 5.11 Å². The Balaban J connectivity index is 2.08. The van der Waals surface area contributed by atoms with Crippen LogP contribution in [0.15, 0.2) is 36.7 Å². The molecule has 1 heterocycles. The molecule has 1 aromatic carbocycles. The predicted molar refractivity (Wildman–Crippen MR) is 81.6 cm³/mol. The lowest BCUT2D eigenvalue weighted by atomic mass is 10.1. The van der Waals surface area contributed by atoms with Crippen molar-refractivity contribution >= 4 is 17.3 Å². The molecule has 2 rings (SSSR count). The summed E-state index contributed by atoms with van der Waals surface area (Å²) in [4.78, 5) is 12.1. The molecule has 0 aliphatic rings. The Kier molecular flexibility index (Phi) is 4.94. The molecule has 0 spiro atoms. The second-order valence-corrected chi connectivity index (χ2v) is 4.87. The highest BCUT2D eigenvalue weighted by atomic mass is 16.3. The lowest BCUT2D eigenvalue weighted by molar-refractivity contribution is 0.0915. The first-order valence-electron chi connectivity index (χ1n) is 6.89. The van der Waals surface area contributed by atoms with Crippen molar-refractivity contribution in [2.75, 3.05) is 11.9 Å². The molecule has 3 N–H and O–H groups in total. The topological polar surface area (TPSA) is 79.2 Å². The van der Waals surface area contributed by atoms with E-state index >= 15 is 0 Å². The summed E-state index contributed by atoms with van der Waals surface area (Å²) in [7, 11) is 1.84. The second kappa shape index (κ2) is 6.90. The zero-order chi connectivity index (χ0) is 15.2. The van der Waals surface area contributed by atoms with Crippen LogP contribution in [0.1, 0.15) is 23.7 Å². The Morgan fingerprint density at radius 1 is 1.43 bits per heavy atom. The van der Waals surface area contributed by atoms with E-state index in [1.807, 2.05) is 32.3 Å². The molecule has 1 atom stereocenters. The lowest BCUT2D eigenvalue weighted by Crippen LogP contribution is -2.36. The molecule has 0 aliphatic carbocycles. The van der Waals surface area contributed by atoms with Gasteiger partial charge in [0, 0.05) is 24.5 Å². The van der Waals surface area contributed by atoms with Crippen molar-refractivity contribution in [3.63, 3.8) is 0 Å². The van der Waals surface area contributed by atoms with E-state index in [9.17, 15) is 4.79 Å². The van der Waals surface area contributed by atoms with Gasteiger partial charge < -0.3 is 15.7 Å². The Hall–Kier alpha value is -2.34. The van der Waals surface area contributed by atoms with E-state index in [0.29, 0.717) is 12.0 Å². The first kappa shape index (κ1) is 15.1. The van der Waals surface area contributed by atoms with Crippen molar-refractivity contribution in [2.24, 2.45) is 7.05 Å². The van der Waals surface area contributed by atoms with Gasteiger partial charge in [-0.3, -0.25) is 9.48 Å². The summed E-state index contributed by atoms with van der Waals surface area (Å²) in [5.74, 6) is -0.189. The van der Waals surface area contributed by atoms with Crippen LogP contribution in [0.3, 0.4) is 0 Å². The van der Waals surface area contributed by atoms with Crippen molar-refractivity contribution in [2.45, 2.75) is 19.4 Å². The lowest BCUT2D eigenvalue weighted by Gasteiger charge is -2.14. The van der Waals surface area contributed by atoms with Gasteiger partial charge in [-0.2, -0.15) is 5.10 Å². The maximum Gasteiger partial charge on any atom is 0.251 e. The summed E-state index contributed by atoms with van der Waals surface area (Å²) in [6, 6.07) is 6.99. The minimum atomic E-state index is -0.215. The number of rotatable bonds is 6. The van der Waals surface area contributed by atoms with Crippen LogP contribution in [-0.4, -0.2) is 33.4 Å². The number of aliphatic hydroxyl groups is 1. The largest absolute Gasteiger partial charge is 0.394 e. The molecule has 0 saturated carbocycles. The number of nitrogens with zero attached hydrogens (tertiary/aromatic N) is 2. The first-order valence-corrected chi connectivity index (χ1v) is 6.89. The summed E-state index contributed by atoms with van der Waals surface area (Å²) in [6.07, 6.45) is 4.26. The van der Waals surface area contributed by atoms with E-state index < -0.39 is 0 Å². The summed E-state index contributed by atoms with van der Waals surface area (Å²) in [6.45, 7) is 1.86. The van der Waals surface area contributed by atoms with Gasteiger partial charge in [-0.25, -0.2) is 0 Å². The SMILES string of the molecule is CCC(CO)NC(=O)c1cccc(Nc2cnn(C)c2)c1. The van der Waals surface area contributed by atoms with Crippen LogP contribution < -0.4 is 10.6 Å². The van der Waals surface area contributed by atoms with E-state index in [0.717, 1.165) is 11.4 Å². The fourth-order valence-electron chi connectivity index (χ4n) is 1.94. The second-order valence-electron chi connectivity index (χ2n) is 4.87. The number of nitrogens with one attached hydrogen (secondary N) is 2. The number of anilines is 2. The van der Waals surface area contributed by atoms with Crippen molar-refractivity contribution in [1.82, 2.24) is 15.1 Å². The van der Waals surface area contributed by atoms with Gasteiger partial charge in [0.2, 0.25) is 0 Å². The first-order chi connectivity index (χ1) is 10.1. The number of aromatic nitrogens is 2. The maximum absolute atomic E-state index is 12.1. The molecule has 0 aliphatic heterocycles. The minimum Gasteiger partial charge on any atom is -0.394 e. The smallest absolute Gasteiger partial charge is 0.251 e. The van der Waals surface area contributed by atoms with Gasteiger partial charge in [0.25, 0.3) is 5.91 Å². The van der Waals surface area contributed by atoms with Crippen molar-refractivity contribution < 1.29 is 9.90 Å². The molecule has 0 radical (unpaired) electrons. The molecular formula is C15H20N4O2. The van der Waals surface area contributed by atoms with Gasteiger partial charge in [-0.15, -0.1) is 0 Å². The minimum absolute atomic E-state index is 0.0597. The maximum atomic E-state index is 12.1. The van der Waals surface area contributed by atoms with Crippen LogP contribution >= 0.6 is 0 Å². The van der Waals surface area contributed by atoms with Crippen LogP contribution in [-0.2, 0) is 7.05 Å². The summed E-state index contributed by atoms with van der Waals surface area (Å²) >= 11 is 0. The average Bonchev–Trinajstić information content (AvgIpc) is 2.90. The van der Waals surface area contributed by atoms with Crippen molar-refractivity contribution in [3.8, 4) is 0 Å². The number of aryl methyl sites for hydroxylation is 1. The van der Waals surface area contributed by atoms with E-state index in [1.54, 1.807) is 23.0 Å². The van der Waals surface area contributed by atoms with Gasteiger partial charge in [0.15, 0.2) is 0 Å². The molecule has 6 heteroatoms. The third-order valence-corrected chi connectivity index (χ3v) is 3.17. The molecular weight excluding hydrogens is 268 g/mol. The third kappa shape index (κ3) is 4.06. The number of amides is 1. The fourth-order valence-corrected chi connectivity index (χ4v) is 1.94. The van der Waals surface area contributed by atoms with Crippen LogP contribution in [0.25, 0.3) is 0 Å². The number of carbonyl (C=O) groups excluding carboxylic acids is 1. The van der Waals surface area contributed by atoms with Crippen LogP contribution in [0, 0.1) is 0 Å². The van der Waals surface area contributed by atoms with Gasteiger partial charge in [-0.05, 0) is 24.6 Å². The van der Waals surface area contributed by atoms with Gasteiger partial charge in [0.05, 0.1) is 24.5 Å². The fraction of sp³-hybridized carbons (Fsp3) is 0.333. The van der Waals surface area contributed by atoms with Gasteiger partial charge in [-0.1, -0.05) is 13.0 Å². The molecule has 1 unspecified atom stereocenters. The number of hydrogen-bond donors (Lipinski definition) is 3. The quantitative estimate of drug-likeness (QED) is 0.755. The van der Waals surface area contributed by atoms with E-state index in [-0.39, 0.29) is 18.6 Å². The molecule has 21 heavy (non-hydrogen) atoms. The Morgan fingerprint density at radius 2 is 2.24 bits per heavy atom. The molecule has 1 aromatic heterocycles. The van der Waals surface area contributed by atoms with Crippen molar-refractivity contribution in [3.05, 3.63) is 42.2 Å². The standard InChI is InChI=1S/C15H20N4O2/c1-3-12(10-20)18-15(21)11-5-4-6-13(7-11)17-14-8-16-19(2)9-14/h4-9,12,17,20H,3,10H2,1-2H3,(H,18,21). The normalized spacial score (nSPS) is 12.0. The van der Waals surface area contributed by atoms with Crippen LogP contribution in [0.5, 0.6) is 0 Å². The zero-order valence-electron chi connectivity index (χ0n) is 12.2. The number of carbonyl (C=O) groups is 1. The predicted octanol–water partition coefficient (Wildman–Crippen LogP) is 1.66. The van der Waals surface area contributed by atoms with E-state index in [2.05, 4.69) is 15.7 Å². The molecule has 0 bridgehead atoms. The van der Waals surface area contributed by atoms with Crippen LogP contribution in [0.2, 0.25) is 0 Å². The Morgan fingerprint density at radius 3 is 2.86 bits per heavy atom. The van der Waals surface area contributed by atoms with Gasteiger partial charge in [0.1, 0.15) is 0 Å². The Labute approximate surface area is 123 Å². The highest BCUT2D eigenvalue weighted by Crippen LogP contribution is 2.17. The molecule has 6 nitrogen and oxygen atoms in total. The number of hydrogen-bond acceptors (Lipinski definition) is 4. The molecule has 2 aromatic rings. The summed E-state index contributed by atoms with van der Waals surface area (Å²) < 4.78 is 1.70. The summed E-state index contributed by atoms with van der Waals surface area (Å²) in [5, 5.41) is 19.2. The molecule has 112 valence electrons. The summed E-state index contributed by atoms with van der Waals surface area (Å²) in [5.41, 5.74) is 2.22. The zero-order valence-corrected chi connectivity index (χ0v) is 12.2.